The van der Waals surface area contributed by atoms with Crippen LogP contribution >= 0.6 is 23.2 Å². The van der Waals surface area contributed by atoms with E-state index >= 15 is 0 Å². The van der Waals surface area contributed by atoms with Gasteiger partial charge in [-0.2, -0.15) is 0 Å². The second-order valence-corrected chi connectivity index (χ2v) is 4.86. The predicted molar refractivity (Wildman–Crippen MR) is 69.9 cm³/mol. The zero-order valence-corrected chi connectivity index (χ0v) is 11.6. The smallest absolute Gasteiger partial charge is 0.258 e. The molecule has 0 aliphatic rings. The Bertz CT molecular complexity index is 408. The first-order valence-electron chi connectivity index (χ1n) is 5.29. The zero-order chi connectivity index (χ0) is 13.7. The lowest BCUT2D eigenvalue weighted by molar-refractivity contribution is 0.0777. The molecule has 1 atom stereocenters. The van der Waals surface area contributed by atoms with Crippen LogP contribution in [0, 0.1) is 5.82 Å². The molecule has 18 heavy (non-hydrogen) atoms. The van der Waals surface area contributed by atoms with E-state index in [0.29, 0.717) is 6.61 Å². The molecule has 0 aliphatic carbocycles. The number of amides is 1. The Hall–Kier alpha value is -0.840. The van der Waals surface area contributed by atoms with Gasteiger partial charge in [0.15, 0.2) is 0 Å². The highest BCUT2D eigenvalue weighted by Crippen LogP contribution is 2.20. The number of alkyl halides is 1. The van der Waals surface area contributed by atoms with Crippen molar-refractivity contribution in [3.8, 4) is 0 Å². The van der Waals surface area contributed by atoms with E-state index in [0.717, 1.165) is 0 Å². The van der Waals surface area contributed by atoms with Gasteiger partial charge in [-0.05, 0) is 12.1 Å². The van der Waals surface area contributed by atoms with Crippen LogP contribution in [0.5, 0.6) is 0 Å². The molecule has 6 heteroatoms. The number of carbonyl (C=O) groups excluding carboxylic acids is 1. The molecular formula is C12H14Cl2FNO2. The van der Waals surface area contributed by atoms with Gasteiger partial charge in [0.05, 0.1) is 22.6 Å². The predicted octanol–water partition coefficient (Wildman–Crippen LogP) is 2.80. The minimum absolute atomic E-state index is 0.0877. The Morgan fingerprint density at radius 2 is 2.22 bits per heavy atom. The van der Waals surface area contributed by atoms with Crippen LogP contribution in [-0.2, 0) is 4.74 Å². The van der Waals surface area contributed by atoms with Gasteiger partial charge in [0.25, 0.3) is 5.91 Å². The highest BCUT2D eigenvalue weighted by molar-refractivity contribution is 6.33. The summed E-state index contributed by atoms with van der Waals surface area (Å²) in [5.74, 6) is -1.14. The van der Waals surface area contributed by atoms with Crippen molar-refractivity contribution in [3.05, 3.63) is 34.6 Å². The second-order valence-electron chi connectivity index (χ2n) is 3.83. The SMILES string of the molecule is COCC(Cl)CN(C)C(=O)c1c(F)cccc1Cl. The molecule has 100 valence electrons. The molecule has 0 spiro atoms. The average Bonchev–Trinajstić information content (AvgIpc) is 2.28. The largest absolute Gasteiger partial charge is 0.383 e. The van der Waals surface area contributed by atoms with Crippen molar-refractivity contribution >= 4 is 29.1 Å². The standard InChI is InChI=1S/C12H14Cl2FNO2/c1-16(6-8(13)7-18-2)12(17)11-9(14)4-3-5-10(11)15/h3-5,8H,6-7H2,1-2H3. The fourth-order valence-electron chi connectivity index (χ4n) is 1.51. The van der Waals surface area contributed by atoms with Crippen molar-refractivity contribution in [1.82, 2.24) is 4.90 Å². The molecule has 0 saturated carbocycles. The van der Waals surface area contributed by atoms with E-state index in [9.17, 15) is 9.18 Å². The van der Waals surface area contributed by atoms with Gasteiger partial charge in [0.2, 0.25) is 0 Å². The molecule has 0 aliphatic heterocycles. The van der Waals surface area contributed by atoms with Gasteiger partial charge in [-0.15, -0.1) is 11.6 Å². The third kappa shape index (κ3) is 3.83. The second kappa shape index (κ2) is 6.92. The molecule has 0 aromatic heterocycles. The van der Waals surface area contributed by atoms with Gasteiger partial charge in [-0.1, -0.05) is 17.7 Å². The van der Waals surface area contributed by atoms with Crippen molar-refractivity contribution in [1.29, 1.82) is 0 Å². The van der Waals surface area contributed by atoms with Crippen LogP contribution in [0.2, 0.25) is 5.02 Å². The third-order valence-corrected chi connectivity index (χ3v) is 2.92. The monoisotopic (exact) mass is 293 g/mol. The number of rotatable bonds is 5. The van der Waals surface area contributed by atoms with E-state index < -0.39 is 11.7 Å². The third-order valence-electron chi connectivity index (χ3n) is 2.34. The lowest BCUT2D eigenvalue weighted by Crippen LogP contribution is -2.34. The van der Waals surface area contributed by atoms with Crippen LogP contribution in [0.15, 0.2) is 18.2 Å². The summed E-state index contributed by atoms with van der Waals surface area (Å²) in [7, 11) is 3.06. The molecule has 1 aromatic carbocycles. The maximum absolute atomic E-state index is 13.6. The fourth-order valence-corrected chi connectivity index (χ4v) is 2.08. The zero-order valence-electron chi connectivity index (χ0n) is 10.1. The number of benzene rings is 1. The summed E-state index contributed by atoms with van der Waals surface area (Å²) in [6, 6.07) is 4.11. The van der Waals surface area contributed by atoms with Gasteiger partial charge < -0.3 is 9.64 Å². The Kier molecular flexibility index (Phi) is 5.85. The highest BCUT2D eigenvalue weighted by atomic mass is 35.5. The van der Waals surface area contributed by atoms with Gasteiger partial charge in [-0.3, -0.25) is 4.79 Å². The summed E-state index contributed by atoms with van der Waals surface area (Å²) in [4.78, 5) is 13.3. The summed E-state index contributed by atoms with van der Waals surface area (Å²) >= 11 is 11.8. The summed E-state index contributed by atoms with van der Waals surface area (Å²) in [6.45, 7) is 0.559. The number of halogens is 3. The van der Waals surface area contributed by atoms with Crippen LogP contribution in [-0.4, -0.2) is 43.5 Å². The molecule has 3 nitrogen and oxygen atoms in total. The molecule has 0 fully saturated rings. The average molecular weight is 294 g/mol. The van der Waals surface area contributed by atoms with Crippen molar-refractivity contribution in [2.24, 2.45) is 0 Å². The summed E-state index contributed by atoms with van der Waals surface area (Å²) in [6.07, 6.45) is 0. The summed E-state index contributed by atoms with van der Waals surface area (Å²) in [5, 5.41) is -0.265. The van der Waals surface area contributed by atoms with Gasteiger partial charge in [0, 0.05) is 20.7 Å². The molecule has 0 bridgehead atoms. The van der Waals surface area contributed by atoms with Crippen molar-refractivity contribution < 1.29 is 13.9 Å². The van der Waals surface area contributed by atoms with E-state index in [4.69, 9.17) is 27.9 Å². The molecule has 0 heterocycles. The van der Waals surface area contributed by atoms with Crippen LogP contribution in [0.25, 0.3) is 0 Å². The fraction of sp³-hybridized carbons (Fsp3) is 0.417. The lowest BCUT2D eigenvalue weighted by atomic mass is 10.2. The van der Waals surface area contributed by atoms with Crippen LogP contribution in [0.1, 0.15) is 10.4 Å². The van der Waals surface area contributed by atoms with Crippen LogP contribution in [0.4, 0.5) is 4.39 Å². The Labute approximate surface area is 115 Å². The number of hydrogen-bond acceptors (Lipinski definition) is 2. The van der Waals surface area contributed by atoms with E-state index in [2.05, 4.69) is 0 Å². The Morgan fingerprint density at radius 1 is 1.56 bits per heavy atom. The van der Waals surface area contributed by atoms with Gasteiger partial charge in [0.1, 0.15) is 5.82 Å². The van der Waals surface area contributed by atoms with E-state index in [1.54, 1.807) is 0 Å². The first-order valence-corrected chi connectivity index (χ1v) is 6.11. The Balaban J connectivity index is 2.81. The normalized spacial score (nSPS) is 12.3. The number of nitrogens with zero attached hydrogens (tertiary/aromatic N) is 1. The molecule has 1 unspecified atom stereocenters. The quantitative estimate of drug-likeness (QED) is 0.782. The maximum atomic E-state index is 13.6. The van der Waals surface area contributed by atoms with E-state index in [1.807, 2.05) is 0 Å². The van der Waals surface area contributed by atoms with E-state index in [-0.39, 0.29) is 22.5 Å². The molecule has 0 saturated heterocycles. The van der Waals surface area contributed by atoms with Crippen molar-refractivity contribution in [2.75, 3.05) is 27.3 Å². The molecule has 1 aromatic rings. The molecule has 1 rings (SSSR count). The minimum atomic E-state index is -0.641. The molecular weight excluding hydrogens is 280 g/mol. The lowest BCUT2D eigenvalue weighted by Gasteiger charge is -2.20. The maximum Gasteiger partial charge on any atom is 0.258 e. The van der Waals surface area contributed by atoms with Crippen molar-refractivity contribution in [3.63, 3.8) is 0 Å². The first kappa shape index (κ1) is 15.2. The first-order chi connectivity index (χ1) is 8.47. The summed E-state index contributed by atoms with van der Waals surface area (Å²) < 4.78 is 18.4. The molecule has 1 amide bonds. The molecule has 0 radical (unpaired) electrons. The van der Waals surface area contributed by atoms with Crippen molar-refractivity contribution in [2.45, 2.75) is 5.38 Å². The van der Waals surface area contributed by atoms with Gasteiger partial charge >= 0.3 is 0 Å². The van der Waals surface area contributed by atoms with Crippen LogP contribution in [0.3, 0.4) is 0 Å². The Morgan fingerprint density at radius 3 is 2.78 bits per heavy atom. The minimum Gasteiger partial charge on any atom is -0.383 e. The van der Waals surface area contributed by atoms with Crippen LogP contribution < -0.4 is 0 Å². The number of methoxy groups -OCH3 is 1. The molecule has 0 N–H and O–H groups in total. The van der Waals surface area contributed by atoms with E-state index in [1.165, 1.54) is 37.3 Å². The van der Waals surface area contributed by atoms with Gasteiger partial charge in [-0.25, -0.2) is 4.39 Å². The summed E-state index contributed by atoms with van der Waals surface area (Å²) in [5.41, 5.74) is -0.136. The number of hydrogen-bond donors (Lipinski definition) is 0. The number of ether oxygens (including phenoxy) is 1. The highest BCUT2D eigenvalue weighted by Gasteiger charge is 2.21. The number of carbonyl (C=O) groups is 1. The topological polar surface area (TPSA) is 29.5 Å².